The predicted octanol–water partition coefficient (Wildman–Crippen LogP) is 3.01. The van der Waals surface area contributed by atoms with E-state index in [4.69, 9.17) is 19.4 Å². The number of piperidine rings is 1. The van der Waals surface area contributed by atoms with Gasteiger partial charge in [0.15, 0.2) is 0 Å². The molecule has 31 heavy (non-hydrogen) atoms. The second-order valence-corrected chi connectivity index (χ2v) is 7.83. The summed E-state index contributed by atoms with van der Waals surface area (Å²) >= 11 is 1.44. The van der Waals surface area contributed by atoms with Gasteiger partial charge in [0.2, 0.25) is 5.88 Å². The number of ether oxygens (including phenoxy) is 2. The largest absolute Gasteiger partial charge is 0.490 e. The molecule has 2 aliphatic rings. The zero-order chi connectivity index (χ0) is 22.5. The van der Waals surface area contributed by atoms with Crippen LogP contribution >= 0.6 is 11.3 Å². The van der Waals surface area contributed by atoms with E-state index in [0.29, 0.717) is 24.7 Å². The van der Waals surface area contributed by atoms with Crippen molar-refractivity contribution < 1.29 is 37.3 Å². The molecule has 2 aliphatic heterocycles. The van der Waals surface area contributed by atoms with Crippen molar-refractivity contribution in [2.24, 2.45) is 0 Å². The number of aliphatic carboxylic acids is 1. The third-order valence-corrected chi connectivity index (χ3v) is 5.41. The molecule has 4 heterocycles. The topological polar surface area (TPSA) is 102 Å². The molecule has 1 amide bonds. The van der Waals surface area contributed by atoms with E-state index in [-0.39, 0.29) is 17.6 Å². The van der Waals surface area contributed by atoms with Crippen molar-refractivity contribution in [3.8, 4) is 5.88 Å². The van der Waals surface area contributed by atoms with E-state index in [1.54, 1.807) is 17.1 Å². The minimum absolute atomic E-state index is 0.00646. The molecular weight excluding hydrogens is 439 g/mol. The SMILES string of the molecule is O=C(O)C(F)(F)F.O=C(c1cscn1)N1CCC[C@]2(C[C@@H](Oc3ccccn3)CO2)C1. The highest BCUT2D eigenvalue weighted by Crippen LogP contribution is 2.36. The maximum atomic E-state index is 12.5. The van der Waals surface area contributed by atoms with Gasteiger partial charge in [-0.25, -0.2) is 14.8 Å². The average molecular weight is 459 g/mol. The number of carbonyl (C=O) groups is 2. The number of hydrogen-bond acceptors (Lipinski definition) is 7. The normalized spacial score (nSPS) is 23.2. The van der Waals surface area contributed by atoms with Crippen LogP contribution in [0.1, 0.15) is 29.8 Å². The molecule has 0 unspecified atom stereocenters. The number of thiazole rings is 1. The Morgan fingerprint density at radius 2 is 2.10 bits per heavy atom. The van der Waals surface area contributed by atoms with Gasteiger partial charge < -0.3 is 19.5 Å². The number of carbonyl (C=O) groups excluding carboxylic acids is 1. The lowest BCUT2D eigenvalue weighted by molar-refractivity contribution is -0.192. The van der Waals surface area contributed by atoms with Gasteiger partial charge in [-0.2, -0.15) is 13.2 Å². The van der Waals surface area contributed by atoms with Crippen molar-refractivity contribution in [2.45, 2.75) is 37.1 Å². The number of aromatic nitrogens is 2. The van der Waals surface area contributed by atoms with Crippen molar-refractivity contribution in [2.75, 3.05) is 19.7 Å². The van der Waals surface area contributed by atoms with E-state index in [0.717, 1.165) is 25.8 Å². The molecule has 2 atom stereocenters. The lowest BCUT2D eigenvalue weighted by atomic mass is 9.89. The molecule has 2 aromatic heterocycles. The molecule has 4 rings (SSSR count). The Morgan fingerprint density at radius 3 is 2.71 bits per heavy atom. The second kappa shape index (κ2) is 9.60. The monoisotopic (exact) mass is 459 g/mol. The number of carboxylic acid groups (broad SMARTS) is 1. The molecule has 1 N–H and O–H groups in total. The van der Waals surface area contributed by atoms with Crippen molar-refractivity contribution in [1.82, 2.24) is 14.9 Å². The van der Waals surface area contributed by atoms with Crippen molar-refractivity contribution in [3.63, 3.8) is 0 Å². The summed E-state index contributed by atoms with van der Waals surface area (Å²) in [7, 11) is 0. The van der Waals surface area contributed by atoms with Gasteiger partial charge in [0.25, 0.3) is 5.91 Å². The number of carboxylic acids is 1. The van der Waals surface area contributed by atoms with Crippen molar-refractivity contribution in [1.29, 1.82) is 0 Å². The molecule has 168 valence electrons. The standard InChI is InChI=1S/C17H19N3O3S.C2HF3O2/c21-16(14-10-24-12-19-14)20-7-3-5-17(11-20)8-13(9-22-17)23-15-4-1-2-6-18-15;3-2(4,5)1(6)7/h1-2,4,6,10,12-13H,3,5,7-9,11H2;(H,6,7)/t13-,17+;/m1./s1. The maximum absolute atomic E-state index is 12.5. The molecule has 0 radical (unpaired) electrons. The van der Waals surface area contributed by atoms with E-state index < -0.39 is 12.1 Å². The molecule has 2 fully saturated rings. The fourth-order valence-corrected chi connectivity index (χ4v) is 4.03. The number of amides is 1. The number of nitrogens with zero attached hydrogens (tertiary/aromatic N) is 3. The minimum atomic E-state index is -5.08. The highest BCUT2D eigenvalue weighted by molar-refractivity contribution is 7.07. The second-order valence-electron chi connectivity index (χ2n) is 7.11. The fraction of sp³-hybridized carbons (Fsp3) is 0.474. The molecule has 0 aromatic carbocycles. The van der Waals surface area contributed by atoms with Crippen LogP contribution in [0.3, 0.4) is 0 Å². The van der Waals surface area contributed by atoms with Crippen LogP contribution < -0.4 is 4.74 Å². The molecule has 0 aliphatic carbocycles. The zero-order valence-electron chi connectivity index (χ0n) is 16.2. The summed E-state index contributed by atoms with van der Waals surface area (Å²) in [5.74, 6) is -2.14. The van der Waals surface area contributed by atoms with Gasteiger partial charge in [0.05, 0.1) is 24.3 Å². The molecule has 12 heteroatoms. The third kappa shape index (κ3) is 6.14. The summed E-state index contributed by atoms with van der Waals surface area (Å²) in [5.41, 5.74) is 1.91. The van der Waals surface area contributed by atoms with Crippen LogP contribution in [0.15, 0.2) is 35.3 Å². The quantitative estimate of drug-likeness (QED) is 0.753. The minimum Gasteiger partial charge on any atom is -0.475 e. The summed E-state index contributed by atoms with van der Waals surface area (Å²) in [4.78, 5) is 31.6. The Bertz CT molecular complexity index is 882. The Morgan fingerprint density at radius 1 is 1.32 bits per heavy atom. The van der Waals surface area contributed by atoms with Gasteiger partial charge in [-0.05, 0) is 18.9 Å². The van der Waals surface area contributed by atoms with Crippen LogP contribution in [0, 0.1) is 0 Å². The average Bonchev–Trinajstić information content (AvgIpc) is 3.39. The first-order valence-electron chi connectivity index (χ1n) is 9.38. The zero-order valence-corrected chi connectivity index (χ0v) is 17.1. The molecule has 8 nitrogen and oxygen atoms in total. The third-order valence-electron chi connectivity index (χ3n) is 4.82. The summed E-state index contributed by atoms with van der Waals surface area (Å²) in [6.07, 6.45) is -0.711. The maximum Gasteiger partial charge on any atom is 0.490 e. The predicted molar refractivity (Wildman–Crippen MR) is 103 cm³/mol. The number of alkyl halides is 3. The molecule has 2 aromatic rings. The fourth-order valence-electron chi connectivity index (χ4n) is 3.50. The van der Waals surface area contributed by atoms with Gasteiger partial charge in [-0.15, -0.1) is 11.3 Å². The molecule has 0 saturated carbocycles. The van der Waals surface area contributed by atoms with Crippen LogP contribution in [-0.2, 0) is 9.53 Å². The van der Waals surface area contributed by atoms with Gasteiger partial charge in [0.1, 0.15) is 11.8 Å². The van der Waals surface area contributed by atoms with E-state index in [2.05, 4.69) is 9.97 Å². The lowest BCUT2D eigenvalue weighted by Crippen LogP contribution is -2.50. The summed E-state index contributed by atoms with van der Waals surface area (Å²) < 4.78 is 43.8. The highest BCUT2D eigenvalue weighted by atomic mass is 32.1. The van der Waals surface area contributed by atoms with E-state index in [9.17, 15) is 18.0 Å². The van der Waals surface area contributed by atoms with E-state index >= 15 is 0 Å². The van der Waals surface area contributed by atoms with Gasteiger partial charge in [0, 0.05) is 30.6 Å². The van der Waals surface area contributed by atoms with E-state index in [1.807, 2.05) is 23.1 Å². The van der Waals surface area contributed by atoms with Crippen LogP contribution in [0.5, 0.6) is 5.88 Å². The smallest absolute Gasteiger partial charge is 0.475 e. The van der Waals surface area contributed by atoms with Gasteiger partial charge in [-0.3, -0.25) is 4.79 Å². The number of likely N-dealkylation sites (tertiary alicyclic amines) is 1. The van der Waals surface area contributed by atoms with Gasteiger partial charge >= 0.3 is 12.1 Å². The Kier molecular flexibility index (Phi) is 7.11. The Balaban J connectivity index is 0.000000339. The lowest BCUT2D eigenvalue weighted by Gasteiger charge is -2.39. The first-order chi connectivity index (χ1) is 14.7. The Hall–Kier alpha value is -2.73. The molecular formula is C19H20F3N3O5S. The molecule has 0 bridgehead atoms. The van der Waals surface area contributed by atoms with Crippen LogP contribution in [0.2, 0.25) is 0 Å². The molecule has 1 spiro atoms. The number of pyridine rings is 1. The number of hydrogen-bond donors (Lipinski definition) is 1. The highest BCUT2D eigenvalue weighted by Gasteiger charge is 2.45. The first-order valence-corrected chi connectivity index (χ1v) is 10.3. The van der Waals surface area contributed by atoms with Crippen LogP contribution in [0.4, 0.5) is 13.2 Å². The van der Waals surface area contributed by atoms with Crippen molar-refractivity contribution in [3.05, 3.63) is 41.0 Å². The summed E-state index contributed by atoms with van der Waals surface area (Å²) in [6.45, 7) is 1.90. The first kappa shape index (κ1) is 22.9. The number of rotatable bonds is 3. The number of halogens is 3. The van der Waals surface area contributed by atoms with Crippen molar-refractivity contribution >= 4 is 23.2 Å². The van der Waals surface area contributed by atoms with Gasteiger partial charge in [-0.1, -0.05) is 6.07 Å². The van der Waals surface area contributed by atoms with E-state index in [1.165, 1.54) is 11.3 Å². The Labute approximate surface area is 179 Å². The summed E-state index contributed by atoms with van der Waals surface area (Å²) in [5, 5.41) is 8.92. The van der Waals surface area contributed by atoms with Crippen LogP contribution in [0.25, 0.3) is 0 Å². The van der Waals surface area contributed by atoms with Crippen LogP contribution in [-0.4, -0.2) is 69.4 Å². The summed E-state index contributed by atoms with van der Waals surface area (Å²) in [6, 6.07) is 5.62. The molecule has 2 saturated heterocycles.